The fourth-order valence-corrected chi connectivity index (χ4v) is 3.51. The van der Waals surface area contributed by atoms with E-state index in [0.29, 0.717) is 39.6 Å². The summed E-state index contributed by atoms with van der Waals surface area (Å²) in [5.74, 6) is 0. The fraction of sp³-hybridized carbons (Fsp3) is 0.667. The van der Waals surface area contributed by atoms with Crippen molar-refractivity contribution in [2.75, 3.05) is 52.9 Å². The Morgan fingerprint density at radius 1 is 0.741 bits per heavy atom. The molecular formula is C18H32O7SSi. The van der Waals surface area contributed by atoms with Crippen LogP contribution in [0.25, 0.3) is 0 Å². The molecule has 1 aromatic carbocycles. The normalized spacial score (nSPS) is 12.4. The van der Waals surface area contributed by atoms with Crippen molar-refractivity contribution in [2.45, 2.75) is 31.5 Å². The van der Waals surface area contributed by atoms with Gasteiger partial charge in [-0.15, -0.1) is 0 Å². The van der Waals surface area contributed by atoms with E-state index < -0.39 is 18.4 Å². The SMILES string of the molecule is Cc1ccc(S(=O)(=O)OCCOCCOCCOCCO[Si](C)(C)C)cc1. The summed E-state index contributed by atoms with van der Waals surface area (Å²) in [5, 5.41) is 0. The topological polar surface area (TPSA) is 80.3 Å². The Hall–Kier alpha value is -0.813. The number of benzene rings is 1. The van der Waals surface area contributed by atoms with Crippen molar-refractivity contribution in [1.82, 2.24) is 0 Å². The molecule has 0 bridgehead atoms. The van der Waals surface area contributed by atoms with Gasteiger partial charge in [-0.1, -0.05) is 17.7 Å². The molecule has 0 fully saturated rings. The Balaban J connectivity index is 1.95. The zero-order valence-corrected chi connectivity index (χ0v) is 18.5. The van der Waals surface area contributed by atoms with E-state index in [0.717, 1.165) is 5.56 Å². The predicted molar refractivity (Wildman–Crippen MR) is 106 cm³/mol. The van der Waals surface area contributed by atoms with Gasteiger partial charge in [0.25, 0.3) is 10.1 Å². The zero-order valence-electron chi connectivity index (χ0n) is 16.7. The number of ether oxygens (including phenoxy) is 3. The molecule has 0 heterocycles. The highest BCUT2D eigenvalue weighted by atomic mass is 32.2. The summed E-state index contributed by atoms with van der Waals surface area (Å²) in [6, 6.07) is 6.51. The van der Waals surface area contributed by atoms with E-state index in [4.69, 9.17) is 22.8 Å². The van der Waals surface area contributed by atoms with Gasteiger partial charge in [-0.25, -0.2) is 0 Å². The molecule has 156 valence electrons. The summed E-state index contributed by atoms with van der Waals surface area (Å²) < 4.78 is 50.6. The van der Waals surface area contributed by atoms with Gasteiger partial charge in [-0.05, 0) is 38.7 Å². The lowest BCUT2D eigenvalue weighted by Crippen LogP contribution is -2.27. The summed E-state index contributed by atoms with van der Waals surface area (Å²) in [5.41, 5.74) is 0.989. The molecule has 0 N–H and O–H groups in total. The maximum Gasteiger partial charge on any atom is 0.297 e. The largest absolute Gasteiger partial charge is 0.415 e. The van der Waals surface area contributed by atoms with Crippen LogP contribution in [0.2, 0.25) is 19.6 Å². The van der Waals surface area contributed by atoms with Crippen molar-refractivity contribution >= 4 is 18.4 Å². The van der Waals surface area contributed by atoms with Crippen LogP contribution in [-0.4, -0.2) is 69.6 Å². The molecule has 1 rings (SSSR count). The number of aryl methyl sites for hydroxylation is 1. The zero-order chi connectivity index (χ0) is 20.2. The average Bonchev–Trinajstić information content (AvgIpc) is 2.58. The van der Waals surface area contributed by atoms with Crippen LogP contribution in [0.15, 0.2) is 29.2 Å². The number of hydrogen-bond acceptors (Lipinski definition) is 7. The Kier molecular flexibility index (Phi) is 11.3. The van der Waals surface area contributed by atoms with Crippen molar-refractivity contribution < 1.29 is 31.2 Å². The second kappa shape index (κ2) is 12.6. The van der Waals surface area contributed by atoms with Crippen molar-refractivity contribution in [2.24, 2.45) is 0 Å². The van der Waals surface area contributed by atoms with E-state index in [9.17, 15) is 8.42 Å². The molecule has 9 heteroatoms. The summed E-state index contributed by atoms with van der Waals surface area (Å²) in [7, 11) is -5.20. The van der Waals surface area contributed by atoms with E-state index in [2.05, 4.69) is 19.6 Å². The number of hydrogen-bond donors (Lipinski definition) is 0. The van der Waals surface area contributed by atoms with Crippen LogP contribution in [0, 0.1) is 6.92 Å². The molecule has 0 atom stereocenters. The first-order valence-corrected chi connectivity index (χ1v) is 13.9. The molecule has 0 aliphatic heterocycles. The second-order valence-corrected chi connectivity index (χ2v) is 13.0. The molecule has 7 nitrogen and oxygen atoms in total. The lowest BCUT2D eigenvalue weighted by molar-refractivity contribution is 0.00490. The van der Waals surface area contributed by atoms with E-state index >= 15 is 0 Å². The van der Waals surface area contributed by atoms with Crippen LogP contribution in [0.5, 0.6) is 0 Å². The van der Waals surface area contributed by atoms with Crippen LogP contribution in [0.1, 0.15) is 5.56 Å². The van der Waals surface area contributed by atoms with Crippen LogP contribution in [-0.2, 0) is 32.9 Å². The minimum Gasteiger partial charge on any atom is -0.415 e. The molecule has 27 heavy (non-hydrogen) atoms. The molecule has 0 aliphatic rings. The van der Waals surface area contributed by atoms with Gasteiger partial charge in [-0.2, -0.15) is 8.42 Å². The molecule has 0 amide bonds. The highest BCUT2D eigenvalue weighted by Gasteiger charge is 2.14. The molecule has 0 radical (unpaired) electrons. The lowest BCUT2D eigenvalue weighted by Gasteiger charge is -2.16. The van der Waals surface area contributed by atoms with Gasteiger partial charge in [0.05, 0.1) is 57.8 Å². The smallest absolute Gasteiger partial charge is 0.297 e. The second-order valence-electron chi connectivity index (χ2n) is 6.89. The van der Waals surface area contributed by atoms with Crippen LogP contribution >= 0.6 is 0 Å². The van der Waals surface area contributed by atoms with Gasteiger partial charge < -0.3 is 18.6 Å². The number of rotatable bonds is 15. The summed E-state index contributed by atoms with van der Waals surface area (Å²) >= 11 is 0. The Labute approximate surface area is 164 Å². The summed E-state index contributed by atoms with van der Waals surface area (Å²) in [6.07, 6.45) is 0. The van der Waals surface area contributed by atoms with Gasteiger partial charge in [0.1, 0.15) is 0 Å². The molecular weight excluding hydrogens is 388 g/mol. The highest BCUT2D eigenvalue weighted by Crippen LogP contribution is 2.12. The first-order valence-electron chi connectivity index (χ1n) is 9.04. The standard InChI is InChI=1S/C18H32O7SSi/c1-17-5-7-18(8-6-17)26(19,20)24-15-13-22-11-9-21-10-12-23-14-16-25-27(2,3)4/h5-8H,9-16H2,1-4H3. The highest BCUT2D eigenvalue weighted by molar-refractivity contribution is 7.86. The van der Waals surface area contributed by atoms with Crippen molar-refractivity contribution in [3.63, 3.8) is 0 Å². The first-order chi connectivity index (χ1) is 12.7. The molecule has 0 aliphatic carbocycles. The third-order valence-corrected chi connectivity index (χ3v) is 5.68. The van der Waals surface area contributed by atoms with Crippen LogP contribution < -0.4 is 0 Å². The summed E-state index contributed by atoms with van der Waals surface area (Å²) in [6.45, 7) is 11.4. The summed E-state index contributed by atoms with van der Waals surface area (Å²) in [4.78, 5) is 0.145. The van der Waals surface area contributed by atoms with E-state index in [1.54, 1.807) is 12.1 Å². The van der Waals surface area contributed by atoms with Crippen molar-refractivity contribution in [3.05, 3.63) is 29.8 Å². The Morgan fingerprint density at radius 3 is 1.67 bits per heavy atom. The quantitative estimate of drug-likeness (QED) is 0.245. The van der Waals surface area contributed by atoms with Gasteiger partial charge >= 0.3 is 0 Å². The molecule has 0 saturated heterocycles. The maximum atomic E-state index is 12.0. The Morgan fingerprint density at radius 2 is 1.19 bits per heavy atom. The maximum absolute atomic E-state index is 12.0. The third-order valence-electron chi connectivity index (χ3n) is 3.28. The molecule has 0 unspecified atom stereocenters. The van der Waals surface area contributed by atoms with Gasteiger partial charge in [-0.3, -0.25) is 4.18 Å². The van der Waals surface area contributed by atoms with Crippen molar-refractivity contribution in [3.8, 4) is 0 Å². The average molecular weight is 421 g/mol. The van der Waals surface area contributed by atoms with E-state index in [1.165, 1.54) is 12.1 Å². The third kappa shape index (κ3) is 12.3. The fourth-order valence-electron chi connectivity index (χ4n) is 1.92. The van der Waals surface area contributed by atoms with Gasteiger partial charge in [0.15, 0.2) is 8.32 Å². The minimum atomic E-state index is -3.73. The molecule has 0 saturated carbocycles. The Bertz CT molecular complexity index is 612. The van der Waals surface area contributed by atoms with Gasteiger partial charge in [0.2, 0.25) is 0 Å². The van der Waals surface area contributed by atoms with E-state index in [1.807, 2.05) is 6.92 Å². The molecule has 1 aromatic rings. The first kappa shape index (κ1) is 24.2. The van der Waals surface area contributed by atoms with Gasteiger partial charge in [0, 0.05) is 0 Å². The van der Waals surface area contributed by atoms with Crippen LogP contribution in [0.3, 0.4) is 0 Å². The van der Waals surface area contributed by atoms with Crippen molar-refractivity contribution in [1.29, 1.82) is 0 Å². The lowest BCUT2D eigenvalue weighted by atomic mass is 10.2. The molecule has 0 spiro atoms. The van der Waals surface area contributed by atoms with Crippen LogP contribution in [0.4, 0.5) is 0 Å². The predicted octanol–water partition coefficient (Wildman–Crippen LogP) is 2.60. The minimum absolute atomic E-state index is 0.0313. The monoisotopic (exact) mass is 420 g/mol. The van der Waals surface area contributed by atoms with E-state index in [-0.39, 0.29) is 18.1 Å². The molecule has 0 aromatic heterocycles.